The van der Waals surface area contributed by atoms with Crippen molar-refractivity contribution in [2.75, 3.05) is 6.61 Å². The van der Waals surface area contributed by atoms with E-state index in [9.17, 15) is 4.79 Å². The Bertz CT molecular complexity index is 369. The minimum Gasteiger partial charge on any atom is -0.481 e. The molecular weight excluding hydrogens is 218 g/mol. The van der Waals surface area contributed by atoms with Crippen LogP contribution in [-0.4, -0.2) is 23.9 Å². The van der Waals surface area contributed by atoms with E-state index in [0.717, 1.165) is 5.57 Å². The maximum atomic E-state index is 11.0. The lowest BCUT2D eigenvalue weighted by molar-refractivity contribution is -0.139. The molecule has 0 saturated heterocycles. The van der Waals surface area contributed by atoms with Gasteiger partial charge in [0.2, 0.25) is 0 Å². The van der Waals surface area contributed by atoms with Crippen LogP contribution in [0.4, 0.5) is 0 Å². The SMILES string of the molecule is C=CCON=CC(C)=C[C@@H]1[C@@H](C(=O)O)C1(C)C. The normalized spacial score (nSPS) is 26.9. The van der Waals surface area contributed by atoms with E-state index in [2.05, 4.69) is 11.7 Å². The first-order valence-corrected chi connectivity index (χ1v) is 5.58. The summed E-state index contributed by atoms with van der Waals surface area (Å²) in [7, 11) is 0. The molecule has 1 aliphatic carbocycles. The average molecular weight is 237 g/mol. The van der Waals surface area contributed by atoms with Gasteiger partial charge in [-0.05, 0) is 23.8 Å². The van der Waals surface area contributed by atoms with Crippen molar-refractivity contribution in [2.45, 2.75) is 20.8 Å². The Hall–Kier alpha value is -1.58. The number of rotatable bonds is 6. The van der Waals surface area contributed by atoms with Crippen LogP contribution in [0.2, 0.25) is 0 Å². The zero-order valence-corrected chi connectivity index (χ0v) is 10.5. The first-order valence-electron chi connectivity index (χ1n) is 5.58. The molecule has 1 saturated carbocycles. The van der Waals surface area contributed by atoms with Gasteiger partial charge in [0, 0.05) is 0 Å². The Morgan fingerprint density at radius 1 is 1.59 bits per heavy atom. The van der Waals surface area contributed by atoms with E-state index in [4.69, 9.17) is 9.94 Å². The highest BCUT2D eigenvalue weighted by Crippen LogP contribution is 2.59. The molecule has 2 atom stereocenters. The van der Waals surface area contributed by atoms with E-state index in [1.807, 2.05) is 26.8 Å². The number of carboxylic acid groups (broad SMARTS) is 1. The molecule has 0 heterocycles. The fourth-order valence-electron chi connectivity index (χ4n) is 2.00. The Balaban J connectivity index is 2.56. The van der Waals surface area contributed by atoms with Crippen molar-refractivity contribution >= 4 is 12.2 Å². The van der Waals surface area contributed by atoms with Gasteiger partial charge in [0.1, 0.15) is 6.61 Å². The van der Waals surface area contributed by atoms with E-state index in [1.54, 1.807) is 12.3 Å². The van der Waals surface area contributed by atoms with Gasteiger partial charge in [0.05, 0.1) is 12.1 Å². The summed E-state index contributed by atoms with van der Waals surface area (Å²) in [4.78, 5) is 15.8. The summed E-state index contributed by atoms with van der Waals surface area (Å²) in [5.41, 5.74) is 0.749. The third kappa shape index (κ3) is 3.19. The topological polar surface area (TPSA) is 58.9 Å². The summed E-state index contributed by atoms with van der Waals surface area (Å²) in [6.07, 6.45) is 5.15. The highest BCUT2D eigenvalue weighted by atomic mass is 16.6. The van der Waals surface area contributed by atoms with E-state index >= 15 is 0 Å². The summed E-state index contributed by atoms with van der Waals surface area (Å²) in [6.45, 7) is 9.69. The molecule has 94 valence electrons. The molecule has 17 heavy (non-hydrogen) atoms. The number of carboxylic acids is 1. The first kappa shape index (κ1) is 13.5. The molecule has 0 unspecified atom stereocenters. The summed E-state index contributed by atoms with van der Waals surface area (Å²) >= 11 is 0. The fraction of sp³-hybridized carbons (Fsp3) is 0.538. The number of oxime groups is 1. The van der Waals surface area contributed by atoms with E-state index in [-0.39, 0.29) is 17.3 Å². The van der Waals surface area contributed by atoms with Crippen molar-refractivity contribution in [3.63, 3.8) is 0 Å². The minimum absolute atomic E-state index is 0.0749. The second-order valence-electron chi connectivity index (χ2n) is 4.89. The number of aliphatic carboxylic acids is 1. The summed E-state index contributed by atoms with van der Waals surface area (Å²) in [5, 5.41) is 12.8. The number of hydrogen-bond donors (Lipinski definition) is 1. The Morgan fingerprint density at radius 3 is 2.71 bits per heavy atom. The second-order valence-corrected chi connectivity index (χ2v) is 4.89. The van der Waals surface area contributed by atoms with Crippen molar-refractivity contribution in [3.05, 3.63) is 24.3 Å². The fourth-order valence-corrected chi connectivity index (χ4v) is 2.00. The Kier molecular flexibility index (Phi) is 4.10. The predicted octanol–water partition coefficient (Wildman–Crippen LogP) is 2.48. The molecule has 0 aromatic rings. The average Bonchev–Trinajstić information content (AvgIpc) is 2.75. The summed E-state index contributed by atoms with van der Waals surface area (Å²) < 4.78 is 0. The molecule has 0 aliphatic heterocycles. The van der Waals surface area contributed by atoms with Crippen LogP contribution in [0.15, 0.2) is 29.5 Å². The van der Waals surface area contributed by atoms with Crippen molar-refractivity contribution in [3.8, 4) is 0 Å². The van der Waals surface area contributed by atoms with Crippen LogP contribution >= 0.6 is 0 Å². The van der Waals surface area contributed by atoms with Gasteiger partial charge in [-0.2, -0.15) is 0 Å². The summed E-state index contributed by atoms with van der Waals surface area (Å²) in [6, 6.07) is 0. The molecule has 0 amide bonds. The molecule has 0 spiro atoms. The predicted molar refractivity (Wildman–Crippen MR) is 66.8 cm³/mol. The van der Waals surface area contributed by atoms with Gasteiger partial charge >= 0.3 is 5.97 Å². The quantitative estimate of drug-likeness (QED) is 0.334. The highest BCUT2D eigenvalue weighted by Gasteiger charge is 2.60. The lowest BCUT2D eigenvalue weighted by Crippen LogP contribution is -2.03. The van der Waals surface area contributed by atoms with Crippen molar-refractivity contribution in [1.82, 2.24) is 0 Å². The van der Waals surface area contributed by atoms with Gasteiger partial charge in [0.25, 0.3) is 0 Å². The van der Waals surface area contributed by atoms with Gasteiger partial charge in [0.15, 0.2) is 0 Å². The third-order valence-corrected chi connectivity index (χ3v) is 3.14. The number of nitrogens with zero attached hydrogens (tertiary/aromatic N) is 1. The molecule has 4 nitrogen and oxygen atoms in total. The Labute approximate surface area is 102 Å². The molecular formula is C13H19NO3. The standard InChI is InChI=1S/C13H19NO3/c1-5-6-17-14-8-9(2)7-10-11(12(15)16)13(10,3)4/h5,7-8,10-11H,1,6H2,2-4H3,(H,15,16)/t10-,11+/m1/s1. The number of carbonyl (C=O) groups is 1. The van der Waals surface area contributed by atoms with Crippen LogP contribution in [0, 0.1) is 17.3 Å². The van der Waals surface area contributed by atoms with Crippen LogP contribution in [0.25, 0.3) is 0 Å². The van der Waals surface area contributed by atoms with Crippen molar-refractivity contribution < 1.29 is 14.7 Å². The largest absolute Gasteiger partial charge is 0.481 e. The Morgan fingerprint density at radius 2 is 2.24 bits per heavy atom. The molecule has 0 aromatic carbocycles. The van der Waals surface area contributed by atoms with Crippen molar-refractivity contribution in [2.24, 2.45) is 22.4 Å². The van der Waals surface area contributed by atoms with Gasteiger partial charge in [-0.1, -0.05) is 37.7 Å². The van der Waals surface area contributed by atoms with Gasteiger partial charge in [-0.25, -0.2) is 0 Å². The third-order valence-electron chi connectivity index (χ3n) is 3.14. The molecule has 0 aromatic heterocycles. The maximum Gasteiger partial charge on any atom is 0.307 e. The van der Waals surface area contributed by atoms with Crippen LogP contribution in [0.1, 0.15) is 20.8 Å². The van der Waals surface area contributed by atoms with E-state index < -0.39 is 5.97 Å². The lowest BCUT2D eigenvalue weighted by atomic mass is 10.1. The summed E-state index contributed by atoms with van der Waals surface area (Å²) in [5.74, 6) is -0.949. The van der Waals surface area contributed by atoms with Gasteiger partial charge in [-0.3, -0.25) is 4.79 Å². The first-order chi connectivity index (χ1) is 7.91. The zero-order valence-electron chi connectivity index (χ0n) is 10.5. The molecule has 1 fully saturated rings. The molecule has 1 rings (SSSR count). The lowest BCUT2D eigenvalue weighted by Gasteiger charge is -1.97. The smallest absolute Gasteiger partial charge is 0.307 e. The monoisotopic (exact) mass is 237 g/mol. The van der Waals surface area contributed by atoms with E-state index in [1.165, 1.54) is 0 Å². The maximum absolute atomic E-state index is 11.0. The second kappa shape index (κ2) is 5.17. The van der Waals surface area contributed by atoms with Crippen LogP contribution in [0.3, 0.4) is 0 Å². The van der Waals surface area contributed by atoms with Crippen LogP contribution < -0.4 is 0 Å². The van der Waals surface area contributed by atoms with Crippen LogP contribution in [-0.2, 0) is 9.63 Å². The molecule has 0 radical (unpaired) electrons. The number of hydrogen-bond acceptors (Lipinski definition) is 3. The number of allylic oxidation sites excluding steroid dienone is 2. The van der Waals surface area contributed by atoms with Crippen molar-refractivity contribution in [1.29, 1.82) is 0 Å². The molecule has 4 heteroatoms. The molecule has 1 aliphatic rings. The van der Waals surface area contributed by atoms with E-state index in [0.29, 0.717) is 6.61 Å². The van der Waals surface area contributed by atoms with Crippen LogP contribution in [0.5, 0.6) is 0 Å². The minimum atomic E-state index is -0.733. The molecule has 1 N–H and O–H groups in total. The highest BCUT2D eigenvalue weighted by molar-refractivity contribution is 5.80. The van der Waals surface area contributed by atoms with Gasteiger partial charge < -0.3 is 9.94 Å². The zero-order chi connectivity index (χ0) is 13.1. The molecule has 0 bridgehead atoms. The van der Waals surface area contributed by atoms with Gasteiger partial charge in [-0.15, -0.1) is 0 Å².